The Morgan fingerprint density at radius 3 is 2.52 bits per heavy atom. The van der Waals surface area contributed by atoms with Crippen LogP contribution in [0.4, 0.5) is 17.6 Å². The third kappa shape index (κ3) is 5.74. The van der Waals surface area contributed by atoms with E-state index in [-0.39, 0.29) is 23.5 Å². The van der Waals surface area contributed by atoms with Crippen LogP contribution in [-0.4, -0.2) is 47.4 Å². The van der Waals surface area contributed by atoms with Gasteiger partial charge in [0.2, 0.25) is 5.89 Å². The van der Waals surface area contributed by atoms with E-state index in [1.807, 2.05) is 29.8 Å². The number of fused-ring (bicyclic) bond motifs is 1. The van der Waals surface area contributed by atoms with E-state index in [1.165, 1.54) is 12.1 Å². The number of benzene rings is 3. The molecule has 6 rings (SSSR count). The van der Waals surface area contributed by atoms with E-state index in [9.17, 15) is 22.8 Å². The van der Waals surface area contributed by atoms with Gasteiger partial charge >= 0.3 is 6.18 Å². The molecule has 4 aromatic rings. The number of halogens is 4. The molecule has 11 heteroatoms. The minimum absolute atomic E-state index is 0.0480. The van der Waals surface area contributed by atoms with Gasteiger partial charge in [-0.1, -0.05) is 38.0 Å². The van der Waals surface area contributed by atoms with E-state index < -0.39 is 23.0 Å². The zero-order valence-electron chi connectivity index (χ0n) is 24.5. The minimum Gasteiger partial charge on any atom is -0.435 e. The van der Waals surface area contributed by atoms with Crippen LogP contribution in [0, 0.1) is 22.6 Å². The predicted molar refractivity (Wildman–Crippen MR) is 160 cm³/mol. The van der Waals surface area contributed by atoms with Gasteiger partial charge in [0, 0.05) is 31.3 Å². The van der Waals surface area contributed by atoms with E-state index >= 15 is 0 Å². The molecule has 7 nitrogen and oxygen atoms in total. The number of alkyl halides is 3. The molecule has 2 aliphatic rings. The first-order valence-corrected chi connectivity index (χ1v) is 14.7. The fraction of sp³-hybridized carbons (Fsp3) is 0.364. The molecule has 2 heterocycles. The highest BCUT2D eigenvalue weighted by molar-refractivity contribution is 6.05. The lowest BCUT2D eigenvalue weighted by molar-refractivity contribution is -0.136. The highest BCUT2D eigenvalue weighted by Crippen LogP contribution is 2.40. The normalized spacial score (nSPS) is 16.4. The smallest absolute Gasteiger partial charge is 0.420 e. The second kappa shape index (κ2) is 11.6. The molecule has 0 bridgehead atoms. The number of aromatic nitrogens is 1. The van der Waals surface area contributed by atoms with E-state index in [2.05, 4.69) is 21.6 Å². The average Bonchev–Trinajstić information content (AvgIpc) is 3.76. The van der Waals surface area contributed by atoms with Crippen LogP contribution in [0.15, 0.2) is 64.1 Å². The van der Waals surface area contributed by atoms with Crippen molar-refractivity contribution in [3.05, 3.63) is 77.1 Å². The maximum Gasteiger partial charge on any atom is 0.420 e. The largest absolute Gasteiger partial charge is 0.435 e. The fourth-order valence-corrected chi connectivity index (χ4v) is 6.25. The number of nitrogens with zero attached hydrogens (tertiary/aromatic N) is 5. The summed E-state index contributed by atoms with van der Waals surface area (Å²) in [6.07, 6.45) is -1.07. The van der Waals surface area contributed by atoms with Crippen LogP contribution in [-0.2, 0) is 12.7 Å². The molecule has 228 valence electrons. The van der Waals surface area contributed by atoms with Crippen LogP contribution >= 0.6 is 0 Å². The Kier molecular flexibility index (Phi) is 7.80. The topological polar surface area (TPSA) is 80.7 Å². The molecule has 3 aromatic carbocycles. The number of nitriles is 1. The molecular weight excluding hydrogens is 572 g/mol. The third-order valence-electron chi connectivity index (χ3n) is 8.53. The molecule has 1 fully saturated rings. The van der Waals surface area contributed by atoms with Crippen LogP contribution in [0.3, 0.4) is 0 Å². The lowest BCUT2D eigenvalue weighted by Gasteiger charge is -2.29. The summed E-state index contributed by atoms with van der Waals surface area (Å²) < 4.78 is 63.0. The summed E-state index contributed by atoms with van der Waals surface area (Å²) in [5.74, 6) is 0.209. The molecular formula is C33H32F4N6O. The number of hydrazone groups is 1. The number of amidine groups is 1. The highest BCUT2D eigenvalue weighted by Gasteiger charge is 2.37. The molecule has 0 radical (unpaired) electrons. The zero-order valence-corrected chi connectivity index (χ0v) is 24.5. The molecule has 0 spiro atoms. The summed E-state index contributed by atoms with van der Waals surface area (Å²) >= 11 is 0. The Morgan fingerprint density at radius 2 is 1.84 bits per heavy atom. The predicted octanol–water partition coefficient (Wildman–Crippen LogP) is 7.38. The zero-order chi connectivity index (χ0) is 31.1. The van der Waals surface area contributed by atoms with Gasteiger partial charge in [-0.2, -0.15) is 23.5 Å². The summed E-state index contributed by atoms with van der Waals surface area (Å²) in [4.78, 5) is 8.39. The van der Waals surface area contributed by atoms with Gasteiger partial charge in [0.05, 0.1) is 11.5 Å². The number of nitrogens with one attached hydrogen (secondary N) is 1. The van der Waals surface area contributed by atoms with Gasteiger partial charge in [0.25, 0.3) is 0 Å². The van der Waals surface area contributed by atoms with Crippen LogP contribution in [0.25, 0.3) is 33.7 Å². The first-order valence-electron chi connectivity index (χ1n) is 14.7. The Bertz CT molecular complexity index is 1770. The Balaban J connectivity index is 1.37. The monoisotopic (exact) mass is 604 g/mol. The first-order chi connectivity index (χ1) is 21.1. The van der Waals surface area contributed by atoms with Gasteiger partial charge in [-0.3, -0.25) is 10.3 Å². The fourth-order valence-electron chi connectivity index (χ4n) is 6.25. The molecule has 1 saturated carbocycles. The number of hydrogen-bond acceptors (Lipinski definition) is 7. The van der Waals surface area contributed by atoms with Gasteiger partial charge < -0.3 is 9.32 Å². The molecule has 0 unspecified atom stereocenters. The summed E-state index contributed by atoms with van der Waals surface area (Å²) in [6.45, 7) is 3.80. The van der Waals surface area contributed by atoms with Crippen molar-refractivity contribution in [1.29, 1.82) is 5.26 Å². The SMILES string of the molecule is CCN(Cc1cc(C(F)(F)F)c2oc(-c3cccc(-c4ccc(F)cc4C4=NNCN4C)c3)nc2c1)CC1(C#N)CCCC1. The molecule has 0 atom stereocenters. The second-order valence-electron chi connectivity index (χ2n) is 11.6. The van der Waals surface area contributed by atoms with Gasteiger partial charge in [0.1, 0.15) is 23.6 Å². The number of hydrogen-bond donors (Lipinski definition) is 1. The summed E-state index contributed by atoms with van der Waals surface area (Å²) in [5, 5.41) is 14.1. The van der Waals surface area contributed by atoms with Crippen LogP contribution in [0.2, 0.25) is 0 Å². The second-order valence-corrected chi connectivity index (χ2v) is 11.6. The Hall–Kier alpha value is -4.43. The van der Waals surface area contributed by atoms with Crippen LogP contribution < -0.4 is 5.43 Å². The standard InChI is InChI=1S/C33H32F4N6O/c1-3-43(19-32(18-38)11-4-5-12-32)17-21-13-27(33(35,36)37)29-28(14-21)40-31(44-29)23-8-6-7-22(15-23)25-10-9-24(34)16-26(25)30-41-39-20-42(30)2/h6-10,13-16,39H,3-5,11-12,17,19-20H2,1-2H3. The van der Waals surface area contributed by atoms with E-state index in [1.54, 1.807) is 30.3 Å². The van der Waals surface area contributed by atoms with Gasteiger partial charge in [-0.05, 0) is 72.5 Å². The van der Waals surface area contributed by atoms with Gasteiger partial charge in [0.15, 0.2) is 11.4 Å². The summed E-state index contributed by atoms with van der Waals surface area (Å²) in [6, 6.07) is 16.7. The summed E-state index contributed by atoms with van der Waals surface area (Å²) in [7, 11) is 1.84. The summed E-state index contributed by atoms with van der Waals surface area (Å²) in [5.41, 5.74) is 4.24. The molecule has 0 amide bonds. The van der Waals surface area contributed by atoms with E-state index in [4.69, 9.17) is 4.42 Å². The third-order valence-corrected chi connectivity index (χ3v) is 8.53. The van der Waals surface area contributed by atoms with Crippen molar-refractivity contribution in [1.82, 2.24) is 20.2 Å². The van der Waals surface area contributed by atoms with Crippen molar-refractivity contribution >= 4 is 16.9 Å². The Morgan fingerprint density at radius 1 is 1.07 bits per heavy atom. The molecule has 1 aromatic heterocycles. The van der Waals surface area contributed by atoms with Crippen molar-refractivity contribution in [3.63, 3.8) is 0 Å². The first kappa shape index (κ1) is 29.6. The maximum absolute atomic E-state index is 14.3. The average molecular weight is 605 g/mol. The molecule has 0 saturated heterocycles. The van der Waals surface area contributed by atoms with E-state index in [0.29, 0.717) is 53.4 Å². The number of rotatable bonds is 8. The van der Waals surface area contributed by atoms with Crippen molar-refractivity contribution < 1.29 is 22.0 Å². The Labute approximate surface area is 252 Å². The minimum atomic E-state index is -4.66. The number of oxazole rings is 1. The molecule has 1 aliphatic carbocycles. The van der Waals surface area contributed by atoms with Crippen molar-refractivity contribution in [2.75, 3.05) is 26.8 Å². The van der Waals surface area contributed by atoms with Crippen LogP contribution in [0.5, 0.6) is 0 Å². The maximum atomic E-state index is 14.3. The van der Waals surface area contributed by atoms with Gasteiger partial charge in [-0.25, -0.2) is 9.37 Å². The van der Waals surface area contributed by atoms with Crippen molar-refractivity contribution in [3.8, 4) is 28.7 Å². The lowest BCUT2D eigenvalue weighted by atomic mass is 9.87. The molecule has 1 N–H and O–H groups in total. The van der Waals surface area contributed by atoms with Crippen molar-refractivity contribution in [2.24, 2.45) is 10.5 Å². The lowest BCUT2D eigenvalue weighted by Crippen LogP contribution is -2.35. The molecule has 1 aliphatic heterocycles. The molecule has 44 heavy (non-hydrogen) atoms. The highest BCUT2D eigenvalue weighted by atomic mass is 19.4. The van der Waals surface area contributed by atoms with Gasteiger partial charge in [-0.15, -0.1) is 0 Å². The quantitative estimate of drug-likeness (QED) is 0.212. The van der Waals surface area contributed by atoms with E-state index in [0.717, 1.165) is 31.7 Å². The van der Waals surface area contributed by atoms with Crippen molar-refractivity contribution in [2.45, 2.75) is 45.3 Å². The van der Waals surface area contributed by atoms with Crippen LogP contribution in [0.1, 0.15) is 49.3 Å².